The molecule has 2 heterocycles. The summed E-state index contributed by atoms with van der Waals surface area (Å²) >= 11 is 0. The average molecular weight is 797 g/mol. The molecule has 2 aliphatic rings. The standard InChI is InChI=1S/C58H44N4/c1-37-32-38(2)34-40(33-37)57-45-30-28-42(62-55-26-13-9-22-51(55)60(4)52-23-10-14-27-56(52)62)36-48(45)58(44-19-15-17-39-16-5-6-18-43(39)44)46-31-29-41(35-47(46)57)61-53-24-11-7-20-49(53)59(3)50-21-8-12-25-54(50)61/h5-36H,1-4H3. The highest BCUT2D eigenvalue weighted by Crippen LogP contribution is 2.55. The lowest BCUT2D eigenvalue weighted by atomic mass is 9.83. The Kier molecular flexibility index (Phi) is 8.07. The summed E-state index contributed by atoms with van der Waals surface area (Å²) in [6.45, 7) is 4.44. The lowest BCUT2D eigenvalue weighted by Gasteiger charge is -2.39. The molecule has 12 rings (SSSR count). The van der Waals surface area contributed by atoms with Gasteiger partial charge in [-0.2, -0.15) is 0 Å². The van der Waals surface area contributed by atoms with Gasteiger partial charge in [0.05, 0.1) is 45.5 Å². The maximum atomic E-state index is 2.46. The van der Waals surface area contributed by atoms with Crippen LogP contribution in [0, 0.1) is 13.8 Å². The van der Waals surface area contributed by atoms with E-state index in [1.165, 1.54) is 88.4 Å². The summed E-state index contributed by atoms with van der Waals surface area (Å²) in [5, 5.41) is 7.35. The smallest absolute Gasteiger partial charge is 0.0699 e. The topological polar surface area (TPSA) is 13.0 Å². The molecule has 0 unspecified atom stereocenters. The van der Waals surface area contributed by atoms with Gasteiger partial charge in [0.25, 0.3) is 0 Å². The Bertz CT molecular complexity index is 3340. The summed E-state index contributed by atoms with van der Waals surface area (Å²) in [7, 11) is 4.34. The molecule has 296 valence electrons. The fourth-order valence-electron chi connectivity index (χ4n) is 10.5. The average Bonchev–Trinajstić information content (AvgIpc) is 3.30. The first-order chi connectivity index (χ1) is 30.4. The first-order valence-corrected chi connectivity index (χ1v) is 21.5. The molecule has 0 saturated heterocycles. The van der Waals surface area contributed by atoms with Crippen LogP contribution >= 0.6 is 0 Å². The van der Waals surface area contributed by atoms with Crippen LogP contribution in [-0.4, -0.2) is 14.1 Å². The Balaban J connectivity index is 1.21. The molecule has 4 heteroatoms. The number of nitrogens with zero attached hydrogens (tertiary/aromatic N) is 4. The van der Waals surface area contributed by atoms with E-state index in [0.29, 0.717) is 0 Å². The van der Waals surface area contributed by atoms with Crippen LogP contribution < -0.4 is 19.6 Å². The van der Waals surface area contributed by atoms with Crippen molar-refractivity contribution in [1.82, 2.24) is 0 Å². The third-order valence-corrected chi connectivity index (χ3v) is 13.1. The second kappa shape index (κ2) is 13.9. The largest absolute Gasteiger partial charge is 0.341 e. The molecule has 0 N–H and O–H groups in total. The molecule has 2 aliphatic heterocycles. The molecule has 10 aromatic rings. The summed E-state index contributed by atoms with van der Waals surface area (Å²) in [4.78, 5) is 9.51. The van der Waals surface area contributed by atoms with Crippen LogP contribution in [0.1, 0.15) is 11.1 Å². The van der Waals surface area contributed by atoms with Crippen LogP contribution in [0.15, 0.2) is 194 Å². The van der Waals surface area contributed by atoms with Crippen LogP contribution in [0.3, 0.4) is 0 Å². The molecule has 4 nitrogen and oxygen atoms in total. The molecule has 0 atom stereocenters. The number of anilines is 10. The second-order valence-electron chi connectivity index (χ2n) is 16.9. The highest BCUT2D eigenvalue weighted by molar-refractivity contribution is 6.25. The molecule has 0 bridgehead atoms. The van der Waals surface area contributed by atoms with Crippen molar-refractivity contribution in [2.24, 2.45) is 0 Å². The number of aryl methyl sites for hydroxylation is 2. The van der Waals surface area contributed by atoms with Crippen molar-refractivity contribution in [2.75, 3.05) is 33.7 Å². The molecule has 0 radical (unpaired) electrons. The zero-order valence-electron chi connectivity index (χ0n) is 35.3. The third kappa shape index (κ3) is 5.39. The fourth-order valence-corrected chi connectivity index (χ4v) is 10.5. The summed E-state index contributed by atoms with van der Waals surface area (Å²) in [5.41, 5.74) is 19.0. The number of para-hydroxylation sites is 8. The van der Waals surface area contributed by atoms with Crippen molar-refractivity contribution >= 4 is 89.2 Å². The zero-order chi connectivity index (χ0) is 41.6. The Hall–Kier alpha value is -7.82. The van der Waals surface area contributed by atoms with E-state index in [0.717, 1.165) is 34.1 Å². The van der Waals surface area contributed by atoms with Crippen molar-refractivity contribution in [2.45, 2.75) is 13.8 Å². The highest BCUT2D eigenvalue weighted by atomic mass is 15.3. The van der Waals surface area contributed by atoms with Crippen molar-refractivity contribution < 1.29 is 0 Å². The van der Waals surface area contributed by atoms with Gasteiger partial charge >= 0.3 is 0 Å². The molecule has 0 aliphatic carbocycles. The summed E-state index contributed by atoms with van der Waals surface area (Å²) < 4.78 is 0. The van der Waals surface area contributed by atoms with Crippen molar-refractivity contribution in [3.8, 4) is 22.3 Å². The molecule has 62 heavy (non-hydrogen) atoms. The first kappa shape index (κ1) is 36.1. The van der Waals surface area contributed by atoms with Gasteiger partial charge in [-0.3, -0.25) is 0 Å². The number of benzene rings is 10. The first-order valence-electron chi connectivity index (χ1n) is 21.5. The Morgan fingerprint density at radius 1 is 0.306 bits per heavy atom. The van der Waals surface area contributed by atoms with E-state index in [-0.39, 0.29) is 0 Å². The van der Waals surface area contributed by atoms with Crippen molar-refractivity contribution in [3.63, 3.8) is 0 Å². The lowest BCUT2D eigenvalue weighted by molar-refractivity contribution is 1.13. The molecule has 0 fully saturated rings. The van der Waals surface area contributed by atoms with E-state index in [1.807, 2.05) is 0 Å². The maximum absolute atomic E-state index is 2.46. The van der Waals surface area contributed by atoms with E-state index in [4.69, 9.17) is 0 Å². The minimum Gasteiger partial charge on any atom is -0.341 e. The molecular formula is C58H44N4. The quantitative estimate of drug-likeness (QED) is 0.164. The van der Waals surface area contributed by atoms with Gasteiger partial charge in [0.2, 0.25) is 0 Å². The Labute approximate surface area is 362 Å². The van der Waals surface area contributed by atoms with Gasteiger partial charge in [0.15, 0.2) is 0 Å². The molecule has 0 saturated carbocycles. The number of hydrogen-bond acceptors (Lipinski definition) is 4. The van der Waals surface area contributed by atoms with Gasteiger partial charge in [0.1, 0.15) is 0 Å². The van der Waals surface area contributed by atoms with Crippen LogP contribution in [-0.2, 0) is 0 Å². The normalized spacial score (nSPS) is 13.0. The molecule has 0 amide bonds. The Morgan fingerprint density at radius 3 is 1.21 bits per heavy atom. The van der Waals surface area contributed by atoms with Crippen LogP contribution in [0.5, 0.6) is 0 Å². The summed E-state index contributed by atoms with van der Waals surface area (Å²) in [6, 6.07) is 72.0. The van der Waals surface area contributed by atoms with Gasteiger partial charge in [-0.15, -0.1) is 0 Å². The van der Waals surface area contributed by atoms with Gasteiger partial charge in [-0.25, -0.2) is 0 Å². The van der Waals surface area contributed by atoms with E-state index in [1.54, 1.807) is 0 Å². The highest BCUT2D eigenvalue weighted by Gasteiger charge is 2.30. The molecule has 0 aromatic heterocycles. The predicted octanol–water partition coefficient (Wildman–Crippen LogP) is 16.2. The Morgan fingerprint density at radius 2 is 0.710 bits per heavy atom. The van der Waals surface area contributed by atoms with Crippen molar-refractivity contribution in [1.29, 1.82) is 0 Å². The molecule has 10 aromatic carbocycles. The zero-order valence-corrected chi connectivity index (χ0v) is 35.3. The van der Waals surface area contributed by atoms with Crippen molar-refractivity contribution in [3.05, 3.63) is 205 Å². The van der Waals surface area contributed by atoms with Crippen LogP contribution in [0.2, 0.25) is 0 Å². The van der Waals surface area contributed by atoms with Gasteiger partial charge < -0.3 is 19.6 Å². The minimum atomic E-state index is 1.12. The second-order valence-corrected chi connectivity index (χ2v) is 16.9. The molecular weight excluding hydrogens is 753 g/mol. The number of hydrogen-bond donors (Lipinski definition) is 0. The predicted molar refractivity (Wildman–Crippen MR) is 265 cm³/mol. The number of fused-ring (bicyclic) bond motifs is 7. The van der Waals surface area contributed by atoms with Gasteiger partial charge in [-0.1, -0.05) is 132 Å². The monoisotopic (exact) mass is 796 g/mol. The van der Waals surface area contributed by atoms with Crippen LogP contribution in [0.25, 0.3) is 54.6 Å². The van der Waals surface area contributed by atoms with Gasteiger partial charge in [-0.05, 0) is 141 Å². The van der Waals surface area contributed by atoms with E-state index in [9.17, 15) is 0 Å². The summed E-state index contributed by atoms with van der Waals surface area (Å²) in [5.74, 6) is 0. The maximum Gasteiger partial charge on any atom is 0.0699 e. The van der Waals surface area contributed by atoms with E-state index >= 15 is 0 Å². The van der Waals surface area contributed by atoms with Gasteiger partial charge in [0, 0.05) is 25.5 Å². The van der Waals surface area contributed by atoms with E-state index < -0.39 is 0 Å². The van der Waals surface area contributed by atoms with Crippen LogP contribution in [0.4, 0.5) is 56.9 Å². The lowest BCUT2D eigenvalue weighted by Crippen LogP contribution is -2.24. The van der Waals surface area contributed by atoms with E-state index in [2.05, 4.69) is 242 Å². The SMILES string of the molecule is Cc1cc(C)cc(-c2c3cc(N4c5ccccc5N(C)c5ccccc54)ccc3c(-c3cccc4ccccc34)c3cc(N4c5ccccc5N(C)c5ccccc54)ccc23)c1. The summed E-state index contributed by atoms with van der Waals surface area (Å²) in [6.07, 6.45) is 0. The molecule has 0 spiro atoms. The minimum absolute atomic E-state index is 1.12. The third-order valence-electron chi connectivity index (χ3n) is 13.1. The number of rotatable bonds is 4. The fraction of sp³-hybridized carbons (Fsp3) is 0.0690.